The maximum atomic E-state index is 4.50. The SMILES string of the molecule is C=C(C)C1=C(C)C(c2ccc(C)cc2)c2c1ccc1ccc(CC(=C)c3ccccc3CC)cc21.C=C=C.CN. The van der Waals surface area contributed by atoms with Crippen LogP contribution in [0, 0.1) is 6.92 Å². The van der Waals surface area contributed by atoms with Crippen LogP contribution in [0.5, 0.6) is 0 Å². The third-order valence-electron chi connectivity index (χ3n) is 7.55. The van der Waals surface area contributed by atoms with Gasteiger partial charge in [-0.1, -0.05) is 129 Å². The molecule has 0 heterocycles. The molecule has 1 atom stereocenters. The van der Waals surface area contributed by atoms with Gasteiger partial charge in [0.05, 0.1) is 0 Å². The number of nitrogens with two attached hydrogens (primary N) is 1. The number of fused-ring (bicyclic) bond motifs is 3. The van der Waals surface area contributed by atoms with Gasteiger partial charge in [0.2, 0.25) is 0 Å². The number of aryl methyl sites for hydroxylation is 2. The molecular weight excluding hydrogens is 482 g/mol. The minimum atomic E-state index is 0.250. The number of allylic oxidation sites excluding steroid dienone is 4. The normalized spacial score (nSPS) is 13.4. The van der Waals surface area contributed by atoms with Crippen molar-refractivity contribution in [1.82, 2.24) is 0 Å². The second-order valence-corrected chi connectivity index (χ2v) is 10.3. The van der Waals surface area contributed by atoms with Crippen molar-refractivity contribution in [3.63, 3.8) is 0 Å². The van der Waals surface area contributed by atoms with E-state index >= 15 is 0 Å². The first kappa shape index (κ1) is 30.4. The van der Waals surface area contributed by atoms with Gasteiger partial charge in [-0.15, -0.1) is 5.73 Å². The molecular formula is C39H43N. The van der Waals surface area contributed by atoms with Gasteiger partial charge < -0.3 is 5.73 Å². The summed E-state index contributed by atoms with van der Waals surface area (Å²) in [7, 11) is 1.50. The second kappa shape index (κ2) is 13.8. The zero-order valence-electron chi connectivity index (χ0n) is 24.9. The summed E-state index contributed by atoms with van der Waals surface area (Å²) in [5.74, 6) is 0.250. The van der Waals surface area contributed by atoms with Gasteiger partial charge >= 0.3 is 0 Å². The van der Waals surface area contributed by atoms with E-state index in [4.69, 9.17) is 0 Å². The summed E-state index contributed by atoms with van der Waals surface area (Å²) >= 11 is 0. The molecule has 1 aliphatic rings. The zero-order chi connectivity index (χ0) is 29.4. The van der Waals surface area contributed by atoms with E-state index in [-0.39, 0.29) is 5.92 Å². The summed E-state index contributed by atoms with van der Waals surface area (Å²) in [5.41, 5.74) is 21.1. The van der Waals surface area contributed by atoms with Crippen molar-refractivity contribution >= 4 is 21.9 Å². The Labute approximate surface area is 241 Å². The Morgan fingerprint density at radius 2 is 1.50 bits per heavy atom. The number of rotatable bonds is 6. The predicted molar refractivity (Wildman–Crippen MR) is 178 cm³/mol. The maximum absolute atomic E-state index is 4.50. The topological polar surface area (TPSA) is 26.0 Å². The third kappa shape index (κ3) is 6.18. The molecule has 4 aromatic carbocycles. The van der Waals surface area contributed by atoms with E-state index in [0.29, 0.717) is 0 Å². The van der Waals surface area contributed by atoms with Crippen molar-refractivity contribution in [3.05, 3.63) is 161 Å². The number of hydrogen-bond acceptors (Lipinski definition) is 1. The summed E-state index contributed by atoms with van der Waals surface area (Å²) < 4.78 is 0. The van der Waals surface area contributed by atoms with E-state index in [9.17, 15) is 0 Å². The highest BCUT2D eigenvalue weighted by Gasteiger charge is 2.31. The molecule has 0 fully saturated rings. The first-order valence-corrected chi connectivity index (χ1v) is 13.9. The van der Waals surface area contributed by atoms with Gasteiger partial charge in [-0.3, -0.25) is 0 Å². The van der Waals surface area contributed by atoms with Gasteiger partial charge in [0, 0.05) is 5.92 Å². The van der Waals surface area contributed by atoms with Gasteiger partial charge in [-0.25, -0.2) is 0 Å². The molecule has 0 aliphatic heterocycles. The van der Waals surface area contributed by atoms with Crippen LogP contribution < -0.4 is 5.73 Å². The van der Waals surface area contributed by atoms with E-state index in [1.165, 1.54) is 73.5 Å². The Morgan fingerprint density at radius 3 is 2.12 bits per heavy atom. The van der Waals surface area contributed by atoms with Crippen molar-refractivity contribution in [3.8, 4) is 0 Å². The van der Waals surface area contributed by atoms with Crippen LogP contribution in [0.3, 0.4) is 0 Å². The van der Waals surface area contributed by atoms with Crippen LogP contribution in [0.2, 0.25) is 0 Å². The van der Waals surface area contributed by atoms with E-state index in [2.05, 4.69) is 144 Å². The molecule has 4 aromatic rings. The van der Waals surface area contributed by atoms with E-state index < -0.39 is 0 Å². The van der Waals surface area contributed by atoms with Gasteiger partial charge in [0.1, 0.15) is 0 Å². The lowest BCUT2D eigenvalue weighted by Gasteiger charge is -2.18. The van der Waals surface area contributed by atoms with Crippen LogP contribution in [-0.2, 0) is 12.8 Å². The van der Waals surface area contributed by atoms with Crippen molar-refractivity contribution < 1.29 is 0 Å². The molecule has 40 heavy (non-hydrogen) atoms. The molecule has 0 saturated heterocycles. The molecule has 0 aromatic heterocycles. The molecule has 0 bridgehead atoms. The zero-order valence-corrected chi connectivity index (χ0v) is 24.9. The summed E-state index contributed by atoms with van der Waals surface area (Å²) in [6, 6.07) is 29.2. The van der Waals surface area contributed by atoms with Crippen LogP contribution in [0.25, 0.3) is 21.9 Å². The molecule has 0 saturated carbocycles. The first-order chi connectivity index (χ1) is 19.3. The van der Waals surface area contributed by atoms with Crippen LogP contribution in [-0.4, -0.2) is 7.05 Å². The summed E-state index contributed by atoms with van der Waals surface area (Å²) in [6.07, 6.45) is 1.87. The van der Waals surface area contributed by atoms with Crippen LogP contribution >= 0.6 is 0 Å². The fourth-order valence-electron chi connectivity index (χ4n) is 5.86. The molecule has 0 spiro atoms. The Hall–Kier alpha value is -4.16. The minimum absolute atomic E-state index is 0.250. The largest absolute Gasteiger partial charge is 0.333 e. The highest BCUT2D eigenvalue weighted by molar-refractivity contribution is 5.99. The molecule has 0 amide bonds. The predicted octanol–water partition coefficient (Wildman–Crippen LogP) is 9.99. The Bertz CT molecular complexity index is 1590. The third-order valence-corrected chi connectivity index (χ3v) is 7.55. The average Bonchev–Trinajstić information content (AvgIpc) is 3.27. The molecule has 1 aliphatic carbocycles. The van der Waals surface area contributed by atoms with Gasteiger partial charge in [0.15, 0.2) is 0 Å². The highest BCUT2D eigenvalue weighted by Crippen LogP contribution is 2.50. The van der Waals surface area contributed by atoms with Gasteiger partial charge in [-0.2, -0.15) is 0 Å². The molecule has 204 valence electrons. The van der Waals surface area contributed by atoms with Gasteiger partial charge in [0.25, 0.3) is 0 Å². The minimum Gasteiger partial charge on any atom is -0.333 e. The van der Waals surface area contributed by atoms with Crippen LogP contribution in [0.1, 0.15) is 65.6 Å². The highest BCUT2D eigenvalue weighted by atomic mass is 14.4. The molecule has 1 unspecified atom stereocenters. The van der Waals surface area contributed by atoms with Crippen LogP contribution in [0.15, 0.2) is 122 Å². The molecule has 1 heteroatoms. The van der Waals surface area contributed by atoms with Crippen molar-refractivity contribution in [2.24, 2.45) is 5.73 Å². The average molecular weight is 526 g/mol. The standard InChI is InChI=1S/C35H34.C3H4.CH5N/c1-7-27-10-8-9-11-30(27)24(5)20-26-14-17-28-18-19-31-33(22(2)3)25(6)34(35(31)32(28)21-26)29-15-12-23(4)13-16-29;1-3-2;1-2/h8-19,21,34H,2,5,7,20H2,1,3-4,6H3;1-2H2;2H2,1H3. The monoisotopic (exact) mass is 525 g/mol. The second-order valence-electron chi connectivity index (χ2n) is 10.3. The fourth-order valence-corrected chi connectivity index (χ4v) is 5.86. The Morgan fingerprint density at radius 1 is 0.875 bits per heavy atom. The fraction of sp³-hybridized carbons (Fsp3) is 0.205. The van der Waals surface area contributed by atoms with Crippen molar-refractivity contribution in [2.45, 2.75) is 46.5 Å². The van der Waals surface area contributed by atoms with E-state index in [0.717, 1.165) is 18.4 Å². The van der Waals surface area contributed by atoms with Crippen LogP contribution in [0.4, 0.5) is 0 Å². The molecule has 1 nitrogen and oxygen atoms in total. The first-order valence-electron chi connectivity index (χ1n) is 13.9. The van der Waals surface area contributed by atoms with E-state index in [1.807, 2.05) is 0 Å². The smallest absolute Gasteiger partial charge is 0.0317 e. The molecule has 2 N–H and O–H groups in total. The van der Waals surface area contributed by atoms with Gasteiger partial charge in [-0.05, 0) is 96.0 Å². The van der Waals surface area contributed by atoms with Crippen molar-refractivity contribution in [1.29, 1.82) is 0 Å². The number of benzene rings is 4. The lowest BCUT2D eigenvalue weighted by atomic mass is 9.85. The summed E-state index contributed by atoms with van der Waals surface area (Å²) in [6.45, 7) is 23.9. The Balaban J connectivity index is 0.000000827. The number of hydrogen-bond donors (Lipinski definition) is 1. The lowest BCUT2D eigenvalue weighted by Crippen LogP contribution is -2.01. The Kier molecular flexibility index (Phi) is 10.5. The molecule has 5 rings (SSSR count). The quantitative estimate of drug-likeness (QED) is 0.249. The maximum Gasteiger partial charge on any atom is 0.0317 e. The molecule has 0 radical (unpaired) electrons. The van der Waals surface area contributed by atoms with E-state index in [1.54, 1.807) is 0 Å². The lowest BCUT2D eigenvalue weighted by molar-refractivity contribution is 0.983. The summed E-state index contributed by atoms with van der Waals surface area (Å²) in [5, 5.41) is 2.64. The van der Waals surface area contributed by atoms with Crippen molar-refractivity contribution in [2.75, 3.05) is 7.05 Å². The summed E-state index contributed by atoms with van der Waals surface area (Å²) in [4.78, 5) is 0.